The number of nitriles is 2. The van der Waals surface area contributed by atoms with Gasteiger partial charge in [0, 0.05) is 24.8 Å². The number of rotatable bonds is 2. The molecule has 0 aliphatic carbocycles. The molecule has 0 atom stereocenters. The van der Waals surface area contributed by atoms with E-state index >= 15 is 0 Å². The third-order valence-corrected chi connectivity index (χ3v) is 2.26. The average molecular weight is 223 g/mol. The molecule has 1 aromatic carbocycles. The van der Waals surface area contributed by atoms with E-state index in [4.69, 9.17) is 10.5 Å². The third-order valence-electron chi connectivity index (χ3n) is 2.26. The predicted octanol–water partition coefficient (Wildman–Crippen LogP) is 1.92. The lowest BCUT2D eigenvalue weighted by atomic mass is 10.2. The second-order valence-corrected chi connectivity index (χ2v) is 3.47. The van der Waals surface area contributed by atoms with Crippen LogP contribution in [-0.2, 0) is 7.05 Å². The molecule has 0 saturated heterocycles. The highest BCUT2D eigenvalue weighted by molar-refractivity contribution is 5.90. The highest BCUT2D eigenvalue weighted by atomic mass is 15.2. The Morgan fingerprint density at radius 3 is 2.88 bits per heavy atom. The molecule has 0 bridgehead atoms. The molecule has 1 heterocycles. The summed E-state index contributed by atoms with van der Waals surface area (Å²) in [4.78, 5) is 0. The van der Waals surface area contributed by atoms with Crippen LogP contribution in [0.15, 0.2) is 36.2 Å². The Labute approximate surface area is 98.2 Å². The molecule has 2 rings (SSSR count). The topological polar surface area (TPSA) is 77.4 Å². The van der Waals surface area contributed by atoms with Crippen LogP contribution < -0.4 is 5.32 Å². The summed E-state index contributed by atoms with van der Waals surface area (Å²) >= 11 is 0. The van der Waals surface area contributed by atoms with Crippen LogP contribution in [-0.4, -0.2) is 9.78 Å². The average Bonchev–Trinajstić information content (AvgIpc) is 2.71. The van der Waals surface area contributed by atoms with Crippen LogP contribution in [0.5, 0.6) is 0 Å². The Morgan fingerprint density at radius 2 is 2.18 bits per heavy atom. The van der Waals surface area contributed by atoms with Crippen LogP contribution in [0, 0.1) is 22.7 Å². The number of fused-ring (bicyclic) bond motifs is 1. The Morgan fingerprint density at radius 1 is 1.41 bits per heavy atom. The molecular formula is C12H9N5. The monoisotopic (exact) mass is 223 g/mol. The molecular weight excluding hydrogens is 214 g/mol. The number of aryl methyl sites for hydroxylation is 1. The van der Waals surface area contributed by atoms with E-state index in [1.807, 2.05) is 31.4 Å². The fraction of sp³-hybridized carbons (Fsp3) is 0.0833. The second kappa shape index (κ2) is 4.38. The van der Waals surface area contributed by atoms with Gasteiger partial charge in [0.05, 0.1) is 5.69 Å². The summed E-state index contributed by atoms with van der Waals surface area (Å²) in [5.41, 5.74) is 1.60. The number of allylic oxidation sites excluding steroid dienone is 1. The lowest BCUT2D eigenvalue weighted by Gasteiger charge is -2.00. The van der Waals surface area contributed by atoms with Gasteiger partial charge in [-0.05, 0) is 6.07 Å². The van der Waals surface area contributed by atoms with Crippen molar-refractivity contribution in [3.8, 4) is 12.1 Å². The number of nitrogens with one attached hydrogen (secondary N) is 1. The maximum atomic E-state index is 8.62. The highest BCUT2D eigenvalue weighted by Crippen LogP contribution is 2.21. The highest BCUT2D eigenvalue weighted by Gasteiger charge is 2.03. The number of hydrogen-bond acceptors (Lipinski definition) is 4. The largest absolute Gasteiger partial charge is 0.358 e. The molecule has 5 heteroatoms. The van der Waals surface area contributed by atoms with Crippen LogP contribution in [0.3, 0.4) is 0 Å². The maximum Gasteiger partial charge on any atom is 0.145 e. The van der Waals surface area contributed by atoms with Crippen molar-refractivity contribution in [1.29, 1.82) is 10.5 Å². The molecule has 0 saturated carbocycles. The van der Waals surface area contributed by atoms with Gasteiger partial charge in [0.1, 0.15) is 23.2 Å². The van der Waals surface area contributed by atoms with Crippen molar-refractivity contribution >= 4 is 16.6 Å². The van der Waals surface area contributed by atoms with Crippen molar-refractivity contribution in [2.45, 2.75) is 0 Å². The van der Waals surface area contributed by atoms with Gasteiger partial charge in [0.25, 0.3) is 0 Å². The zero-order chi connectivity index (χ0) is 12.3. The number of benzene rings is 1. The van der Waals surface area contributed by atoms with E-state index in [0.717, 1.165) is 16.6 Å². The molecule has 1 N–H and O–H groups in total. The van der Waals surface area contributed by atoms with E-state index in [2.05, 4.69) is 10.4 Å². The molecule has 0 fully saturated rings. The Balaban J connectivity index is 2.41. The van der Waals surface area contributed by atoms with Crippen molar-refractivity contribution in [3.63, 3.8) is 0 Å². The van der Waals surface area contributed by atoms with E-state index < -0.39 is 0 Å². The van der Waals surface area contributed by atoms with Gasteiger partial charge in [-0.25, -0.2) is 0 Å². The SMILES string of the molecule is Cn1cc2cccc(NC=C(C#N)C#N)c2n1. The summed E-state index contributed by atoms with van der Waals surface area (Å²) < 4.78 is 1.72. The van der Waals surface area contributed by atoms with Crippen LogP contribution in [0.25, 0.3) is 10.9 Å². The summed E-state index contributed by atoms with van der Waals surface area (Å²) in [6.45, 7) is 0. The Bertz CT molecular complexity index is 650. The lowest BCUT2D eigenvalue weighted by Crippen LogP contribution is -1.92. The van der Waals surface area contributed by atoms with Gasteiger partial charge in [0.15, 0.2) is 0 Å². The maximum absolute atomic E-state index is 8.62. The Hall–Kier alpha value is -2.79. The van der Waals surface area contributed by atoms with Gasteiger partial charge in [-0.1, -0.05) is 12.1 Å². The molecule has 0 unspecified atom stereocenters. The molecule has 0 aliphatic heterocycles. The van der Waals surface area contributed by atoms with E-state index in [9.17, 15) is 0 Å². The second-order valence-electron chi connectivity index (χ2n) is 3.47. The summed E-state index contributed by atoms with van der Waals surface area (Å²) in [6.07, 6.45) is 3.28. The third kappa shape index (κ3) is 2.09. The van der Waals surface area contributed by atoms with Crippen molar-refractivity contribution in [3.05, 3.63) is 36.2 Å². The fourth-order valence-corrected chi connectivity index (χ4v) is 1.52. The summed E-state index contributed by atoms with van der Waals surface area (Å²) in [5.74, 6) is 0. The van der Waals surface area contributed by atoms with Crippen molar-refractivity contribution < 1.29 is 0 Å². The molecule has 17 heavy (non-hydrogen) atoms. The Kier molecular flexibility index (Phi) is 2.76. The minimum absolute atomic E-state index is 0.0259. The molecule has 2 aromatic rings. The molecule has 1 aromatic heterocycles. The van der Waals surface area contributed by atoms with Gasteiger partial charge >= 0.3 is 0 Å². The molecule has 0 radical (unpaired) electrons. The minimum atomic E-state index is 0.0259. The van der Waals surface area contributed by atoms with E-state index in [-0.39, 0.29) is 5.57 Å². The summed E-state index contributed by atoms with van der Waals surface area (Å²) in [5, 5.41) is 25.5. The van der Waals surface area contributed by atoms with Gasteiger partial charge in [0.2, 0.25) is 0 Å². The van der Waals surface area contributed by atoms with Gasteiger partial charge in [-0.15, -0.1) is 0 Å². The van der Waals surface area contributed by atoms with E-state index in [0.29, 0.717) is 0 Å². The van der Waals surface area contributed by atoms with Gasteiger partial charge in [-0.3, -0.25) is 4.68 Å². The van der Waals surface area contributed by atoms with E-state index in [1.165, 1.54) is 6.20 Å². The summed E-state index contributed by atoms with van der Waals surface area (Å²) in [7, 11) is 1.84. The van der Waals surface area contributed by atoms with E-state index in [1.54, 1.807) is 16.8 Å². The predicted molar refractivity (Wildman–Crippen MR) is 63.6 cm³/mol. The van der Waals surface area contributed by atoms with Gasteiger partial charge in [-0.2, -0.15) is 15.6 Å². The fourth-order valence-electron chi connectivity index (χ4n) is 1.52. The first-order valence-electron chi connectivity index (χ1n) is 4.94. The first-order chi connectivity index (χ1) is 8.24. The molecule has 0 aliphatic rings. The molecule has 5 nitrogen and oxygen atoms in total. The zero-order valence-corrected chi connectivity index (χ0v) is 9.18. The summed E-state index contributed by atoms with van der Waals surface area (Å²) in [6, 6.07) is 9.26. The smallest absolute Gasteiger partial charge is 0.145 e. The first-order valence-corrected chi connectivity index (χ1v) is 4.94. The van der Waals surface area contributed by atoms with Crippen LogP contribution >= 0.6 is 0 Å². The quantitative estimate of drug-likeness (QED) is 0.789. The minimum Gasteiger partial charge on any atom is -0.358 e. The van der Waals surface area contributed by atoms with Crippen LogP contribution in [0.1, 0.15) is 0 Å². The number of aromatic nitrogens is 2. The number of anilines is 1. The number of nitrogens with zero attached hydrogens (tertiary/aromatic N) is 4. The van der Waals surface area contributed by atoms with Crippen LogP contribution in [0.2, 0.25) is 0 Å². The van der Waals surface area contributed by atoms with Crippen molar-refractivity contribution in [2.75, 3.05) is 5.32 Å². The lowest BCUT2D eigenvalue weighted by molar-refractivity contribution is 0.780. The number of hydrogen-bond donors (Lipinski definition) is 1. The molecule has 0 amide bonds. The van der Waals surface area contributed by atoms with Gasteiger partial charge < -0.3 is 5.32 Å². The first kappa shape index (κ1) is 10.7. The van der Waals surface area contributed by atoms with Crippen molar-refractivity contribution in [1.82, 2.24) is 9.78 Å². The normalized spacial score (nSPS) is 9.35. The zero-order valence-electron chi connectivity index (χ0n) is 9.18. The molecule has 0 spiro atoms. The van der Waals surface area contributed by atoms with Crippen molar-refractivity contribution in [2.24, 2.45) is 7.05 Å². The van der Waals surface area contributed by atoms with Crippen LogP contribution in [0.4, 0.5) is 5.69 Å². The molecule has 82 valence electrons. The standard InChI is InChI=1S/C12H9N5/c1-17-8-10-3-2-4-11(12(10)16-17)15-7-9(5-13)6-14/h2-4,7-8,15H,1H3.